The zero-order valence-electron chi connectivity index (χ0n) is 16.5. The standard InChI is InChI=1S/C22H26N4O2.ClH/c1-2-28-20-17-26(19-11-7-4-8-12-19)24-21(20)22(27)25(16-14-23)15-13-18-9-5-3-6-10-18;/h3-12,17H,2,13-16,23H2,1H3;1H. The molecule has 1 amide bonds. The van der Waals surface area contributed by atoms with Gasteiger partial charge in [0.05, 0.1) is 18.5 Å². The Balaban J connectivity index is 0.00000300. The van der Waals surface area contributed by atoms with Gasteiger partial charge in [-0.05, 0) is 31.0 Å². The maximum absolute atomic E-state index is 13.2. The normalized spacial score (nSPS) is 10.3. The number of benzene rings is 2. The molecule has 1 aromatic heterocycles. The first kappa shape index (κ1) is 22.5. The van der Waals surface area contributed by atoms with E-state index in [0.29, 0.717) is 37.7 Å². The summed E-state index contributed by atoms with van der Waals surface area (Å²) < 4.78 is 7.37. The Morgan fingerprint density at radius 2 is 1.72 bits per heavy atom. The van der Waals surface area contributed by atoms with E-state index in [4.69, 9.17) is 10.5 Å². The lowest BCUT2D eigenvalue weighted by atomic mass is 10.1. The summed E-state index contributed by atoms with van der Waals surface area (Å²) in [4.78, 5) is 15.0. The zero-order valence-corrected chi connectivity index (χ0v) is 17.3. The Morgan fingerprint density at radius 1 is 1.07 bits per heavy atom. The molecule has 2 aromatic carbocycles. The fourth-order valence-electron chi connectivity index (χ4n) is 3.01. The topological polar surface area (TPSA) is 73.4 Å². The second-order valence-electron chi connectivity index (χ2n) is 6.37. The molecule has 0 fully saturated rings. The van der Waals surface area contributed by atoms with Crippen LogP contribution in [-0.2, 0) is 6.42 Å². The number of rotatable bonds is 9. The molecule has 0 saturated carbocycles. The average molecular weight is 415 g/mol. The van der Waals surface area contributed by atoms with Crippen molar-refractivity contribution in [1.29, 1.82) is 0 Å². The molecule has 0 unspecified atom stereocenters. The number of nitrogens with two attached hydrogens (primary N) is 1. The third kappa shape index (κ3) is 5.82. The van der Waals surface area contributed by atoms with E-state index in [1.807, 2.05) is 55.5 Å². The van der Waals surface area contributed by atoms with Gasteiger partial charge in [0.15, 0.2) is 11.4 Å². The summed E-state index contributed by atoms with van der Waals surface area (Å²) >= 11 is 0. The Kier molecular flexibility index (Phi) is 8.70. The van der Waals surface area contributed by atoms with Crippen LogP contribution < -0.4 is 10.5 Å². The highest BCUT2D eigenvalue weighted by Gasteiger charge is 2.24. The maximum Gasteiger partial charge on any atom is 0.278 e. The van der Waals surface area contributed by atoms with Crippen LogP contribution >= 0.6 is 12.4 Å². The molecule has 0 spiro atoms. The van der Waals surface area contributed by atoms with Gasteiger partial charge in [-0.15, -0.1) is 12.4 Å². The number of carbonyl (C=O) groups is 1. The summed E-state index contributed by atoms with van der Waals surface area (Å²) in [7, 11) is 0. The van der Waals surface area contributed by atoms with Crippen LogP contribution in [0.1, 0.15) is 23.0 Å². The highest BCUT2D eigenvalue weighted by molar-refractivity contribution is 5.95. The van der Waals surface area contributed by atoms with Crippen molar-refractivity contribution in [3.63, 3.8) is 0 Å². The molecule has 0 aliphatic rings. The van der Waals surface area contributed by atoms with E-state index >= 15 is 0 Å². The van der Waals surface area contributed by atoms with E-state index in [2.05, 4.69) is 17.2 Å². The number of ether oxygens (including phenoxy) is 1. The van der Waals surface area contributed by atoms with Crippen molar-refractivity contribution in [2.75, 3.05) is 26.2 Å². The van der Waals surface area contributed by atoms with Crippen molar-refractivity contribution in [1.82, 2.24) is 14.7 Å². The maximum atomic E-state index is 13.2. The Bertz CT molecular complexity index is 884. The van der Waals surface area contributed by atoms with Gasteiger partial charge in [-0.1, -0.05) is 48.5 Å². The van der Waals surface area contributed by atoms with Crippen molar-refractivity contribution < 1.29 is 9.53 Å². The van der Waals surface area contributed by atoms with Gasteiger partial charge in [0, 0.05) is 19.6 Å². The number of amides is 1. The summed E-state index contributed by atoms with van der Waals surface area (Å²) in [6.07, 6.45) is 2.51. The van der Waals surface area contributed by atoms with Crippen LogP contribution in [0.3, 0.4) is 0 Å². The van der Waals surface area contributed by atoms with Gasteiger partial charge in [-0.2, -0.15) is 5.10 Å². The fourth-order valence-corrected chi connectivity index (χ4v) is 3.01. The van der Waals surface area contributed by atoms with Crippen molar-refractivity contribution in [2.24, 2.45) is 5.73 Å². The number of aromatic nitrogens is 2. The summed E-state index contributed by atoms with van der Waals surface area (Å²) in [5.41, 5.74) is 8.12. The van der Waals surface area contributed by atoms with Crippen molar-refractivity contribution in [3.8, 4) is 11.4 Å². The second-order valence-corrected chi connectivity index (χ2v) is 6.37. The molecule has 3 aromatic rings. The number of hydrogen-bond acceptors (Lipinski definition) is 4. The van der Waals surface area contributed by atoms with Crippen LogP contribution in [0.2, 0.25) is 0 Å². The number of carbonyl (C=O) groups excluding carboxylic acids is 1. The minimum Gasteiger partial charge on any atom is -0.490 e. The van der Waals surface area contributed by atoms with Crippen LogP contribution in [0.5, 0.6) is 5.75 Å². The Morgan fingerprint density at radius 3 is 2.34 bits per heavy atom. The van der Waals surface area contributed by atoms with Crippen LogP contribution in [0, 0.1) is 0 Å². The molecule has 3 rings (SSSR count). The van der Waals surface area contributed by atoms with Gasteiger partial charge in [0.25, 0.3) is 5.91 Å². The summed E-state index contributed by atoms with van der Waals surface area (Å²) in [6.45, 7) is 3.78. The molecule has 6 nitrogen and oxygen atoms in total. The molecule has 1 heterocycles. The summed E-state index contributed by atoms with van der Waals surface area (Å²) in [5, 5.41) is 4.52. The molecule has 0 aliphatic heterocycles. The van der Waals surface area contributed by atoms with Crippen LogP contribution in [0.15, 0.2) is 66.9 Å². The van der Waals surface area contributed by atoms with Gasteiger partial charge < -0.3 is 15.4 Å². The third-order valence-corrected chi connectivity index (χ3v) is 4.40. The van der Waals surface area contributed by atoms with E-state index < -0.39 is 0 Å². The minimum absolute atomic E-state index is 0. The van der Waals surface area contributed by atoms with Gasteiger partial charge in [0.1, 0.15) is 0 Å². The molecule has 0 atom stereocenters. The van der Waals surface area contributed by atoms with Gasteiger partial charge >= 0.3 is 0 Å². The monoisotopic (exact) mass is 414 g/mol. The molecular weight excluding hydrogens is 388 g/mol. The highest BCUT2D eigenvalue weighted by Crippen LogP contribution is 2.22. The summed E-state index contributed by atoms with van der Waals surface area (Å²) in [5.74, 6) is 0.317. The van der Waals surface area contributed by atoms with Crippen molar-refractivity contribution in [3.05, 3.63) is 78.1 Å². The number of halogens is 1. The molecule has 0 bridgehead atoms. The van der Waals surface area contributed by atoms with E-state index in [1.165, 1.54) is 5.56 Å². The van der Waals surface area contributed by atoms with E-state index in [0.717, 1.165) is 12.1 Å². The number of nitrogens with zero attached hydrogens (tertiary/aromatic N) is 3. The van der Waals surface area contributed by atoms with Gasteiger partial charge in [0.2, 0.25) is 0 Å². The molecule has 2 N–H and O–H groups in total. The zero-order chi connectivity index (χ0) is 19.8. The lowest BCUT2D eigenvalue weighted by molar-refractivity contribution is 0.0751. The average Bonchev–Trinajstić information content (AvgIpc) is 3.16. The molecule has 0 saturated heterocycles. The lowest BCUT2D eigenvalue weighted by Gasteiger charge is -2.21. The van der Waals surface area contributed by atoms with Gasteiger partial charge in [-0.25, -0.2) is 4.68 Å². The molecule has 7 heteroatoms. The van der Waals surface area contributed by atoms with Crippen molar-refractivity contribution in [2.45, 2.75) is 13.3 Å². The van der Waals surface area contributed by atoms with Gasteiger partial charge in [-0.3, -0.25) is 4.79 Å². The molecular formula is C22H27ClN4O2. The molecule has 29 heavy (non-hydrogen) atoms. The first-order valence-electron chi connectivity index (χ1n) is 9.54. The molecule has 0 aliphatic carbocycles. The quantitative estimate of drug-likeness (QED) is 0.582. The van der Waals surface area contributed by atoms with Crippen molar-refractivity contribution >= 4 is 18.3 Å². The number of para-hydroxylation sites is 1. The second kappa shape index (κ2) is 11.2. The van der Waals surface area contributed by atoms with E-state index in [-0.39, 0.29) is 18.3 Å². The largest absolute Gasteiger partial charge is 0.490 e. The van der Waals surface area contributed by atoms with Crippen LogP contribution in [-0.4, -0.2) is 46.8 Å². The number of hydrogen-bond donors (Lipinski definition) is 1. The summed E-state index contributed by atoms with van der Waals surface area (Å²) in [6, 6.07) is 19.8. The van der Waals surface area contributed by atoms with Crippen LogP contribution in [0.25, 0.3) is 5.69 Å². The predicted octanol–water partition coefficient (Wildman–Crippen LogP) is 3.34. The molecule has 0 radical (unpaired) electrons. The van der Waals surface area contributed by atoms with E-state index in [9.17, 15) is 4.79 Å². The minimum atomic E-state index is -0.167. The first-order valence-corrected chi connectivity index (χ1v) is 9.54. The fraction of sp³-hybridized carbons (Fsp3) is 0.273. The molecule has 154 valence electrons. The highest BCUT2D eigenvalue weighted by atomic mass is 35.5. The smallest absolute Gasteiger partial charge is 0.278 e. The van der Waals surface area contributed by atoms with Crippen LogP contribution in [0.4, 0.5) is 0 Å². The predicted molar refractivity (Wildman–Crippen MR) is 117 cm³/mol. The lowest BCUT2D eigenvalue weighted by Crippen LogP contribution is -2.37. The third-order valence-electron chi connectivity index (χ3n) is 4.40. The van der Waals surface area contributed by atoms with E-state index in [1.54, 1.807) is 15.8 Å². The SMILES string of the molecule is CCOc1cn(-c2ccccc2)nc1C(=O)N(CCN)CCc1ccccc1.Cl. The first-order chi connectivity index (χ1) is 13.7. The Hall–Kier alpha value is -2.83. The Labute approximate surface area is 177 Å².